The first-order chi connectivity index (χ1) is 18.1. The van der Waals surface area contributed by atoms with E-state index < -0.39 is 20.0 Å². The van der Waals surface area contributed by atoms with Crippen molar-refractivity contribution in [3.8, 4) is 5.75 Å². The van der Waals surface area contributed by atoms with Crippen molar-refractivity contribution in [2.75, 3.05) is 39.3 Å². The molecule has 0 bridgehead atoms. The molecule has 0 unspecified atom stereocenters. The number of rotatable bonds is 10. The summed E-state index contributed by atoms with van der Waals surface area (Å²) in [7, 11) is -7.01. The van der Waals surface area contributed by atoms with E-state index in [0.717, 1.165) is 12.8 Å². The highest BCUT2D eigenvalue weighted by Gasteiger charge is 2.31. The van der Waals surface area contributed by atoms with Gasteiger partial charge in [0, 0.05) is 32.1 Å². The smallest absolute Gasteiger partial charge is 0.243 e. The van der Waals surface area contributed by atoms with Crippen molar-refractivity contribution in [3.63, 3.8) is 0 Å². The van der Waals surface area contributed by atoms with E-state index in [1.54, 1.807) is 30.3 Å². The third-order valence-corrected chi connectivity index (χ3v) is 11.2. The van der Waals surface area contributed by atoms with Gasteiger partial charge in [-0.3, -0.25) is 4.79 Å². The zero-order chi connectivity index (χ0) is 27.3. The van der Waals surface area contributed by atoms with Gasteiger partial charge in [-0.25, -0.2) is 21.1 Å². The number of hydrogen-bond donors (Lipinski definition) is 1. The number of nitrogens with one attached hydrogen (secondary N) is 1. The number of benzene rings is 2. The van der Waals surface area contributed by atoms with Crippen LogP contribution < -0.4 is 10.1 Å². The van der Waals surface area contributed by atoms with Crippen LogP contribution in [0.25, 0.3) is 0 Å². The zero-order valence-corrected chi connectivity index (χ0v) is 24.0. The molecule has 4 rings (SSSR count). The molecule has 38 heavy (non-hydrogen) atoms. The Kier molecular flexibility index (Phi) is 9.59. The average molecular weight is 605 g/mol. The summed E-state index contributed by atoms with van der Waals surface area (Å²) < 4.78 is 59.4. The molecule has 2 heterocycles. The van der Waals surface area contributed by atoms with Crippen LogP contribution in [0.15, 0.2) is 47.4 Å². The molecule has 0 spiro atoms. The van der Waals surface area contributed by atoms with Gasteiger partial charge in [-0.2, -0.15) is 4.31 Å². The van der Waals surface area contributed by atoms with Crippen molar-refractivity contribution >= 4 is 49.2 Å². The first kappa shape index (κ1) is 29.1. The minimum atomic E-state index is -3.54. The topological polar surface area (TPSA) is 113 Å². The quantitative estimate of drug-likeness (QED) is 0.416. The number of carbonyl (C=O) groups is 1. The van der Waals surface area contributed by atoms with Gasteiger partial charge in [-0.05, 0) is 67.6 Å². The van der Waals surface area contributed by atoms with E-state index >= 15 is 0 Å². The molecule has 0 aromatic heterocycles. The normalized spacial score (nSPS) is 17.9. The standard InChI is InChI=1S/C25H31Cl2N3O6S2/c26-23-8-3-19(17-24(23)27)18-37(32,33)29-14-9-20(10-15-29)25(31)28-11-16-36-21-4-6-22(7-5-21)38(34,35)30-12-1-2-13-30/h3-8,17,20H,1-2,9-16,18H2,(H,28,31). The number of piperidine rings is 1. The molecule has 2 aromatic carbocycles. The van der Waals surface area contributed by atoms with Crippen molar-refractivity contribution in [3.05, 3.63) is 58.1 Å². The van der Waals surface area contributed by atoms with Crippen molar-refractivity contribution in [2.24, 2.45) is 5.92 Å². The summed E-state index contributed by atoms with van der Waals surface area (Å²) in [6, 6.07) is 11.0. The van der Waals surface area contributed by atoms with Gasteiger partial charge >= 0.3 is 0 Å². The number of hydrogen-bond acceptors (Lipinski definition) is 6. The lowest BCUT2D eigenvalue weighted by atomic mass is 9.97. The van der Waals surface area contributed by atoms with Gasteiger partial charge in [0.2, 0.25) is 26.0 Å². The van der Waals surface area contributed by atoms with Gasteiger partial charge in [0.25, 0.3) is 0 Å². The second-order valence-corrected chi connectivity index (χ2v) is 14.1. The Morgan fingerprint density at radius 1 is 0.895 bits per heavy atom. The molecule has 1 amide bonds. The van der Waals surface area contributed by atoms with Crippen LogP contribution in [0.2, 0.25) is 10.0 Å². The first-order valence-electron chi connectivity index (χ1n) is 12.5. The lowest BCUT2D eigenvalue weighted by molar-refractivity contribution is -0.126. The van der Waals surface area contributed by atoms with Gasteiger partial charge in [0.15, 0.2) is 0 Å². The van der Waals surface area contributed by atoms with Crippen molar-refractivity contribution in [1.82, 2.24) is 13.9 Å². The SMILES string of the molecule is O=C(NCCOc1ccc(S(=O)(=O)N2CCCC2)cc1)C1CCN(S(=O)(=O)Cc2ccc(Cl)c(Cl)c2)CC1. The van der Waals surface area contributed by atoms with Crippen LogP contribution in [0.1, 0.15) is 31.2 Å². The highest BCUT2D eigenvalue weighted by Crippen LogP contribution is 2.26. The lowest BCUT2D eigenvalue weighted by Crippen LogP contribution is -2.43. The van der Waals surface area contributed by atoms with Crippen molar-refractivity contribution < 1.29 is 26.4 Å². The van der Waals surface area contributed by atoms with E-state index in [-0.39, 0.29) is 48.7 Å². The van der Waals surface area contributed by atoms with E-state index in [9.17, 15) is 21.6 Å². The fourth-order valence-corrected chi connectivity index (χ4v) is 7.99. The highest BCUT2D eigenvalue weighted by atomic mass is 35.5. The predicted molar refractivity (Wildman–Crippen MR) is 146 cm³/mol. The summed E-state index contributed by atoms with van der Waals surface area (Å²) in [4.78, 5) is 12.8. The summed E-state index contributed by atoms with van der Waals surface area (Å²) in [5.41, 5.74) is 0.558. The Morgan fingerprint density at radius 2 is 1.55 bits per heavy atom. The van der Waals surface area contributed by atoms with Crippen LogP contribution >= 0.6 is 23.2 Å². The Bertz CT molecular complexity index is 1340. The maximum absolute atomic E-state index is 12.8. The summed E-state index contributed by atoms with van der Waals surface area (Å²) in [6.45, 7) is 2.14. The number of ether oxygens (including phenoxy) is 1. The van der Waals surface area contributed by atoms with E-state index in [1.165, 1.54) is 20.7 Å². The highest BCUT2D eigenvalue weighted by molar-refractivity contribution is 7.89. The minimum absolute atomic E-state index is 0.137. The minimum Gasteiger partial charge on any atom is -0.492 e. The van der Waals surface area contributed by atoms with Crippen LogP contribution in [-0.2, 0) is 30.6 Å². The maximum Gasteiger partial charge on any atom is 0.243 e. The monoisotopic (exact) mass is 603 g/mol. The van der Waals surface area contributed by atoms with Gasteiger partial charge in [0.05, 0.1) is 27.2 Å². The molecule has 2 aliphatic heterocycles. The van der Waals surface area contributed by atoms with Gasteiger partial charge in [-0.15, -0.1) is 0 Å². The molecule has 0 saturated carbocycles. The molecule has 9 nitrogen and oxygen atoms in total. The second-order valence-electron chi connectivity index (χ2n) is 9.40. The van der Waals surface area contributed by atoms with Crippen LogP contribution in [0.3, 0.4) is 0 Å². The molecule has 2 aromatic rings. The Morgan fingerprint density at radius 3 is 2.18 bits per heavy atom. The molecule has 0 aliphatic carbocycles. The van der Waals surface area contributed by atoms with Crippen molar-refractivity contribution in [2.45, 2.75) is 36.3 Å². The molecular weight excluding hydrogens is 573 g/mol. The molecule has 1 N–H and O–H groups in total. The summed E-state index contributed by atoms with van der Waals surface area (Å²) >= 11 is 11.9. The predicted octanol–water partition coefficient (Wildman–Crippen LogP) is 3.51. The average Bonchev–Trinajstić information content (AvgIpc) is 3.45. The molecule has 2 aliphatic rings. The van der Waals surface area contributed by atoms with Crippen LogP contribution in [0.5, 0.6) is 5.75 Å². The Hall–Kier alpha value is -1.89. The Labute approximate surface area is 234 Å². The molecule has 13 heteroatoms. The molecule has 208 valence electrons. The third kappa shape index (κ3) is 7.19. The summed E-state index contributed by atoms with van der Waals surface area (Å²) in [5, 5.41) is 3.51. The zero-order valence-electron chi connectivity index (χ0n) is 20.8. The first-order valence-corrected chi connectivity index (χ1v) is 16.3. The lowest BCUT2D eigenvalue weighted by Gasteiger charge is -2.30. The second kappa shape index (κ2) is 12.5. The van der Waals surface area contributed by atoms with E-state index in [2.05, 4.69) is 5.32 Å². The van der Waals surface area contributed by atoms with Crippen LogP contribution in [0.4, 0.5) is 0 Å². The summed E-state index contributed by atoms with van der Waals surface area (Å²) in [6.07, 6.45) is 2.62. The number of sulfonamides is 2. The molecule has 0 atom stereocenters. The van der Waals surface area contributed by atoms with E-state index in [1.807, 2.05) is 0 Å². The molecule has 0 radical (unpaired) electrons. The van der Waals surface area contributed by atoms with E-state index in [0.29, 0.717) is 47.3 Å². The largest absolute Gasteiger partial charge is 0.492 e. The van der Waals surface area contributed by atoms with E-state index in [4.69, 9.17) is 27.9 Å². The number of carbonyl (C=O) groups excluding carboxylic acids is 1. The number of halogens is 2. The maximum atomic E-state index is 12.8. The molecular formula is C25H31Cl2N3O6S2. The van der Waals surface area contributed by atoms with Gasteiger partial charge < -0.3 is 10.1 Å². The van der Waals surface area contributed by atoms with Gasteiger partial charge in [0.1, 0.15) is 12.4 Å². The molecule has 2 fully saturated rings. The number of amides is 1. The Balaban J connectivity index is 1.18. The number of nitrogens with zero attached hydrogens (tertiary/aromatic N) is 2. The van der Waals surface area contributed by atoms with Gasteiger partial charge in [-0.1, -0.05) is 29.3 Å². The van der Waals surface area contributed by atoms with Crippen LogP contribution in [0, 0.1) is 5.92 Å². The fraction of sp³-hybridized carbons (Fsp3) is 0.480. The fourth-order valence-electron chi connectivity index (χ4n) is 4.60. The summed E-state index contributed by atoms with van der Waals surface area (Å²) in [5.74, 6) is -0.0766. The van der Waals surface area contributed by atoms with Crippen molar-refractivity contribution in [1.29, 1.82) is 0 Å². The third-order valence-electron chi connectivity index (χ3n) is 6.75. The molecule has 2 saturated heterocycles. The van der Waals surface area contributed by atoms with Crippen LogP contribution in [-0.4, -0.2) is 70.7 Å².